The third-order valence-corrected chi connectivity index (χ3v) is 0.450. The largest absolute Gasteiger partial charge is 0.283 e. The molecule has 4 heteroatoms. The highest BCUT2D eigenvalue weighted by Crippen LogP contribution is 1.90. The number of hydrogen-bond donors (Lipinski definition) is 0. The number of alkyl halides is 1. The van der Waals surface area contributed by atoms with Crippen LogP contribution in [-0.2, 0) is 0 Å². The van der Waals surface area contributed by atoms with Gasteiger partial charge in [-0.3, -0.25) is 10.1 Å². The second kappa shape index (κ2) is 1.97. The molecule has 0 unspecified atom stereocenters. The molecule has 36 valence electrons. The van der Waals surface area contributed by atoms with Gasteiger partial charge >= 0.3 is 0 Å². The van der Waals surface area contributed by atoms with Crippen molar-refractivity contribution in [1.82, 2.24) is 0 Å². The maximum absolute atomic E-state index is 9.37. The van der Waals surface area contributed by atoms with E-state index in [4.69, 9.17) is 11.6 Å². The SMILES string of the molecule is C[C@H](Cl)[N+](=O)[O-]. The Balaban J connectivity index is 3.26. The highest BCUT2D eigenvalue weighted by molar-refractivity contribution is 6.19. The first-order valence-electron chi connectivity index (χ1n) is 1.42. The van der Waals surface area contributed by atoms with Gasteiger partial charge in [-0.25, -0.2) is 0 Å². The summed E-state index contributed by atoms with van der Waals surface area (Å²) in [7, 11) is 0. The van der Waals surface area contributed by atoms with Crippen LogP contribution in [0.1, 0.15) is 6.92 Å². The van der Waals surface area contributed by atoms with E-state index in [9.17, 15) is 10.1 Å². The average molecular weight is 110 g/mol. The van der Waals surface area contributed by atoms with Crippen molar-refractivity contribution in [3.63, 3.8) is 0 Å². The predicted octanol–water partition coefficient (Wildman–Crippen LogP) is 0.848. The molecule has 0 fully saturated rings. The van der Waals surface area contributed by atoms with Crippen LogP contribution in [-0.4, -0.2) is 10.4 Å². The zero-order valence-electron chi connectivity index (χ0n) is 3.22. The molecule has 0 spiro atoms. The molecule has 0 radical (unpaired) electrons. The zero-order valence-corrected chi connectivity index (χ0v) is 3.97. The van der Waals surface area contributed by atoms with E-state index < -0.39 is 10.4 Å². The molecule has 0 aromatic heterocycles. The summed E-state index contributed by atoms with van der Waals surface area (Å²) in [6, 6.07) is 0. The summed E-state index contributed by atoms with van der Waals surface area (Å²) in [4.78, 5) is 8.80. The van der Waals surface area contributed by atoms with Crippen LogP contribution in [0.3, 0.4) is 0 Å². The number of halogens is 1. The van der Waals surface area contributed by atoms with Crippen molar-refractivity contribution in [2.45, 2.75) is 12.4 Å². The van der Waals surface area contributed by atoms with Gasteiger partial charge in [-0.2, -0.15) is 0 Å². The Labute approximate surface area is 40.1 Å². The molecule has 0 aromatic rings. The molecule has 0 saturated heterocycles. The molecule has 3 nitrogen and oxygen atoms in total. The standard InChI is InChI=1S/C2H4ClNO2/c1-2(3)4(5)6/h2H,1H3/t2-/m1/s1. The molecule has 0 N–H and O–H groups in total. The fourth-order valence-corrected chi connectivity index (χ4v) is 0. The Bertz CT molecular complexity index is 62.6. The molecule has 0 bridgehead atoms. The first kappa shape index (κ1) is 5.69. The van der Waals surface area contributed by atoms with Gasteiger partial charge in [0.15, 0.2) is 0 Å². The third-order valence-electron chi connectivity index (χ3n) is 0.291. The van der Waals surface area contributed by atoms with E-state index in [1.54, 1.807) is 0 Å². The van der Waals surface area contributed by atoms with E-state index in [1.165, 1.54) is 6.92 Å². The Hall–Kier alpha value is -0.310. The van der Waals surface area contributed by atoms with Gasteiger partial charge in [-0.1, -0.05) is 0 Å². The summed E-state index contributed by atoms with van der Waals surface area (Å²) in [5, 5.41) is 9.37. The Morgan fingerprint density at radius 3 is 2.17 bits per heavy atom. The molecule has 0 heterocycles. The Morgan fingerprint density at radius 1 is 2.00 bits per heavy atom. The molecule has 0 aliphatic rings. The van der Waals surface area contributed by atoms with Crippen molar-refractivity contribution in [1.29, 1.82) is 0 Å². The average Bonchev–Trinajstić information content (AvgIpc) is 1.36. The monoisotopic (exact) mass is 109 g/mol. The molecule has 6 heavy (non-hydrogen) atoms. The molecule has 0 aliphatic heterocycles. The summed E-state index contributed by atoms with van der Waals surface area (Å²) < 4.78 is 0. The van der Waals surface area contributed by atoms with Gasteiger partial charge in [0.2, 0.25) is 0 Å². The Kier molecular flexibility index (Phi) is 1.87. The molecule has 1 atom stereocenters. The first-order valence-corrected chi connectivity index (χ1v) is 1.86. The van der Waals surface area contributed by atoms with Crippen molar-refractivity contribution < 1.29 is 4.92 Å². The fraction of sp³-hybridized carbons (Fsp3) is 1.00. The second-order valence-electron chi connectivity index (χ2n) is 0.859. The van der Waals surface area contributed by atoms with Crippen molar-refractivity contribution in [3.05, 3.63) is 10.1 Å². The van der Waals surface area contributed by atoms with Crippen LogP contribution in [0.4, 0.5) is 0 Å². The summed E-state index contributed by atoms with van der Waals surface area (Å²) in [6.45, 7) is 1.31. The van der Waals surface area contributed by atoms with Crippen molar-refractivity contribution in [2.75, 3.05) is 0 Å². The number of rotatable bonds is 1. The van der Waals surface area contributed by atoms with Crippen LogP contribution in [0.5, 0.6) is 0 Å². The quantitative estimate of drug-likeness (QED) is 0.217. The minimum Gasteiger partial charge on any atom is -0.263 e. The summed E-state index contributed by atoms with van der Waals surface area (Å²) >= 11 is 4.91. The van der Waals surface area contributed by atoms with Crippen LogP contribution in [0.25, 0.3) is 0 Å². The first-order chi connectivity index (χ1) is 2.64. The van der Waals surface area contributed by atoms with Crippen LogP contribution in [0, 0.1) is 10.1 Å². The zero-order chi connectivity index (χ0) is 5.15. The number of hydrogen-bond acceptors (Lipinski definition) is 2. The topological polar surface area (TPSA) is 43.1 Å². The van der Waals surface area contributed by atoms with E-state index in [0.29, 0.717) is 0 Å². The van der Waals surface area contributed by atoms with E-state index >= 15 is 0 Å². The Morgan fingerprint density at radius 2 is 2.17 bits per heavy atom. The predicted molar refractivity (Wildman–Crippen MR) is 22.3 cm³/mol. The fourth-order valence-electron chi connectivity index (χ4n) is 0. The maximum Gasteiger partial charge on any atom is 0.283 e. The van der Waals surface area contributed by atoms with Gasteiger partial charge in [0.1, 0.15) is 0 Å². The molecular weight excluding hydrogens is 105 g/mol. The molecule has 0 saturated carbocycles. The van der Waals surface area contributed by atoms with E-state index in [1.807, 2.05) is 0 Å². The highest BCUT2D eigenvalue weighted by Gasteiger charge is 2.02. The molecule has 0 amide bonds. The lowest BCUT2D eigenvalue weighted by atomic mass is 10.8. The van der Waals surface area contributed by atoms with Crippen LogP contribution < -0.4 is 0 Å². The van der Waals surface area contributed by atoms with Gasteiger partial charge in [0, 0.05) is 11.8 Å². The minimum absolute atomic E-state index is 0.568. The highest BCUT2D eigenvalue weighted by atomic mass is 35.5. The molecule has 0 rings (SSSR count). The van der Waals surface area contributed by atoms with Crippen LogP contribution in [0.2, 0.25) is 0 Å². The number of nitro groups is 1. The molecular formula is C2H4ClNO2. The molecule has 0 aromatic carbocycles. The number of nitrogens with zero attached hydrogens (tertiary/aromatic N) is 1. The lowest BCUT2D eigenvalue weighted by Gasteiger charge is -1.85. The minimum atomic E-state index is -0.954. The normalized spacial score (nSPS) is 13.7. The van der Waals surface area contributed by atoms with Gasteiger partial charge in [-0.15, -0.1) is 0 Å². The van der Waals surface area contributed by atoms with Crippen molar-refractivity contribution >= 4 is 11.6 Å². The molecule has 0 aliphatic carbocycles. The maximum atomic E-state index is 9.37. The van der Waals surface area contributed by atoms with Crippen molar-refractivity contribution in [3.8, 4) is 0 Å². The lowest BCUT2D eigenvalue weighted by Crippen LogP contribution is -2.04. The van der Waals surface area contributed by atoms with Gasteiger partial charge in [-0.05, 0) is 11.6 Å². The third kappa shape index (κ3) is 1.96. The summed E-state index contributed by atoms with van der Waals surface area (Å²) in [5.74, 6) is 0. The lowest BCUT2D eigenvalue weighted by molar-refractivity contribution is -0.493. The van der Waals surface area contributed by atoms with Gasteiger partial charge in [0.05, 0.1) is 0 Å². The van der Waals surface area contributed by atoms with Crippen LogP contribution >= 0.6 is 11.6 Å². The van der Waals surface area contributed by atoms with Gasteiger partial charge in [0.25, 0.3) is 5.50 Å². The smallest absolute Gasteiger partial charge is 0.263 e. The summed E-state index contributed by atoms with van der Waals surface area (Å²) in [6.07, 6.45) is 0. The van der Waals surface area contributed by atoms with E-state index in [0.717, 1.165) is 0 Å². The van der Waals surface area contributed by atoms with Gasteiger partial charge < -0.3 is 0 Å². The summed E-state index contributed by atoms with van der Waals surface area (Å²) in [5.41, 5.74) is -0.954. The second-order valence-corrected chi connectivity index (χ2v) is 1.49. The van der Waals surface area contributed by atoms with Crippen molar-refractivity contribution in [2.24, 2.45) is 0 Å². The van der Waals surface area contributed by atoms with E-state index in [-0.39, 0.29) is 0 Å². The van der Waals surface area contributed by atoms with E-state index in [2.05, 4.69) is 0 Å². The van der Waals surface area contributed by atoms with Crippen LogP contribution in [0.15, 0.2) is 0 Å².